The topological polar surface area (TPSA) is 49.4 Å². The first-order valence-corrected chi connectivity index (χ1v) is 9.91. The van der Waals surface area contributed by atoms with Gasteiger partial charge in [0.15, 0.2) is 0 Å². The fraction of sp³-hybridized carbons (Fsp3) is 0.391. The molecule has 2 aromatic rings. The highest BCUT2D eigenvalue weighted by Gasteiger charge is 2.31. The number of likely N-dealkylation sites (tertiary alicyclic amines) is 1. The number of piperidine rings is 1. The standard InChI is InChI=1S/C23H25F3N2O2/c1-14-12-15(2)20(16(3)13-14)27-21(29)17-8-10-28(11-9-17)22(30)18-4-6-19(7-5-18)23(24,25)26/h4-7,12-13,17H,8-11H2,1-3H3,(H,27,29). The van der Waals surface area contributed by atoms with Gasteiger partial charge in [0.25, 0.3) is 5.91 Å². The molecule has 160 valence electrons. The van der Waals surface area contributed by atoms with Crippen LogP contribution in [0.4, 0.5) is 18.9 Å². The average molecular weight is 418 g/mol. The highest BCUT2D eigenvalue weighted by atomic mass is 19.4. The molecule has 2 aromatic carbocycles. The molecule has 1 N–H and O–H groups in total. The van der Waals surface area contributed by atoms with Gasteiger partial charge in [-0.3, -0.25) is 9.59 Å². The maximum atomic E-state index is 12.7. The molecule has 7 heteroatoms. The number of amides is 2. The van der Waals surface area contributed by atoms with Crippen LogP contribution in [0, 0.1) is 26.7 Å². The van der Waals surface area contributed by atoms with Gasteiger partial charge in [-0.15, -0.1) is 0 Å². The molecule has 0 saturated carbocycles. The second-order valence-electron chi connectivity index (χ2n) is 7.90. The zero-order valence-corrected chi connectivity index (χ0v) is 17.3. The van der Waals surface area contributed by atoms with Crippen LogP contribution in [0.2, 0.25) is 0 Å². The zero-order valence-electron chi connectivity index (χ0n) is 17.3. The molecular weight excluding hydrogens is 393 g/mol. The van der Waals surface area contributed by atoms with E-state index < -0.39 is 11.7 Å². The summed E-state index contributed by atoms with van der Waals surface area (Å²) in [5.41, 5.74) is 3.42. The molecule has 1 aliphatic heterocycles. The van der Waals surface area contributed by atoms with Crippen molar-refractivity contribution < 1.29 is 22.8 Å². The molecule has 30 heavy (non-hydrogen) atoms. The van der Waals surface area contributed by atoms with Gasteiger partial charge in [-0.1, -0.05) is 17.7 Å². The fourth-order valence-electron chi connectivity index (χ4n) is 3.93. The summed E-state index contributed by atoms with van der Waals surface area (Å²) in [6.07, 6.45) is -3.40. The first kappa shape index (κ1) is 21.9. The van der Waals surface area contributed by atoms with Crippen molar-refractivity contribution in [3.05, 3.63) is 64.2 Å². The number of halogens is 3. The number of alkyl halides is 3. The van der Waals surface area contributed by atoms with Gasteiger partial charge in [0.05, 0.1) is 5.56 Å². The quantitative estimate of drug-likeness (QED) is 0.752. The molecule has 1 aliphatic rings. The number of hydrogen-bond donors (Lipinski definition) is 1. The number of benzene rings is 2. The van der Waals surface area contributed by atoms with Crippen LogP contribution in [0.3, 0.4) is 0 Å². The number of nitrogens with zero attached hydrogens (tertiary/aromatic N) is 1. The number of carbonyl (C=O) groups is 2. The molecule has 0 aliphatic carbocycles. The predicted molar refractivity (Wildman–Crippen MR) is 109 cm³/mol. The van der Waals surface area contributed by atoms with Crippen molar-refractivity contribution in [3.63, 3.8) is 0 Å². The SMILES string of the molecule is Cc1cc(C)c(NC(=O)C2CCN(C(=O)c3ccc(C(F)(F)F)cc3)CC2)c(C)c1. The minimum atomic E-state index is -4.43. The highest BCUT2D eigenvalue weighted by molar-refractivity contribution is 5.96. The van der Waals surface area contributed by atoms with Crippen molar-refractivity contribution >= 4 is 17.5 Å². The van der Waals surface area contributed by atoms with E-state index in [1.165, 1.54) is 12.1 Å². The summed E-state index contributed by atoms with van der Waals surface area (Å²) in [5, 5.41) is 3.02. The Morgan fingerprint density at radius 3 is 2.00 bits per heavy atom. The number of anilines is 1. The predicted octanol–water partition coefficient (Wildman–Crippen LogP) is 5.12. The highest BCUT2D eigenvalue weighted by Crippen LogP contribution is 2.30. The van der Waals surface area contributed by atoms with Crippen LogP contribution in [0.25, 0.3) is 0 Å². The molecule has 0 bridgehead atoms. The number of hydrogen-bond acceptors (Lipinski definition) is 2. The lowest BCUT2D eigenvalue weighted by molar-refractivity contribution is -0.137. The molecule has 1 heterocycles. The van der Waals surface area contributed by atoms with Crippen LogP contribution in [-0.2, 0) is 11.0 Å². The molecule has 1 fully saturated rings. The lowest BCUT2D eigenvalue weighted by Crippen LogP contribution is -2.41. The van der Waals surface area contributed by atoms with Gasteiger partial charge >= 0.3 is 6.18 Å². The minimum absolute atomic E-state index is 0.0633. The Bertz CT molecular complexity index is 921. The van der Waals surface area contributed by atoms with Gasteiger partial charge in [0.2, 0.25) is 5.91 Å². The number of nitrogens with one attached hydrogen (secondary N) is 1. The maximum Gasteiger partial charge on any atom is 0.416 e. The Labute approximate surface area is 174 Å². The fourth-order valence-corrected chi connectivity index (χ4v) is 3.93. The number of carbonyl (C=O) groups excluding carboxylic acids is 2. The molecule has 1 saturated heterocycles. The summed E-state index contributed by atoms with van der Waals surface area (Å²) in [5.74, 6) is -0.582. The van der Waals surface area contributed by atoms with E-state index in [4.69, 9.17) is 0 Å². The van der Waals surface area contributed by atoms with E-state index in [1.807, 2.05) is 32.9 Å². The van der Waals surface area contributed by atoms with Gasteiger partial charge in [-0.05, 0) is 69.0 Å². The van der Waals surface area contributed by atoms with E-state index in [2.05, 4.69) is 5.32 Å². The average Bonchev–Trinajstić information content (AvgIpc) is 2.69. The summed E-state index contributed by atoms with van der Waals surface area (Å²) in [4.78, 5) is 26.9. The molecule has 0 unspecified atom stereocenters. The minimum Gasteiger partial charge on any atom is -0.339 e. The molecular formula is C23H25F3N2O2. The van der Waals surface area contributed by atoms with E-state index >= 15 is 0 Å². The third-order valence-corrected chi connectivity index (χ3v) is 5.54. The van der Waals surface area contributed by atoms with Crippen molar-refractivity contribution in [1.82, 2.24) is 4.90 Å². The number of rotatable bonds is 3. The van der Waals surface area contributed by atoms with Crippen LogP contribution in [-0.4, -0.2) is 29.8 Å². The van der Waals surface area contributed by atoms with E-state index in [0.717, 1.165) is 34.5 Å². The Morgan fingerprint density at radius 1 is 0.967 bits per heavy atom. The van der Waals surface area contributed by atoms with Gasteiger partial charge in [0, 0.05) is 30.3 Å². The third kappa shape index (κ3) is 4.83. The van der Waals surface area contributed by atoms with Gasteiger partial charge in [0.1, 0.15) is 0 Å². The zero-order chi connectivity index (χ0) is 22.1. The molecule has 0 atom stereocenters. The summed E-state index contributed by atoms with van der Waals surface area (Å²) in [6.45, 7) is 6.71. The monoisotopic (exact) mass is 418 g/mol. The third-order valence-electron chi connectivity index (χ3n) is 5.54. The second kappa shape index (κ2) is 8.50. The number of aryl methyl sites for hydroxylation is 3. The normalized spacial score (nSPS) is 15.2. The van der Waals surface area contributed by atoms with Crippen molar-refractivity contribution in [3.8, 4) is 0 Å². The van der Waals surface area contributed by atoms with Crippen LogP contribution >= 0.6 is 0 Å². The Balaban J connectivity index is 1.59. The van der Waals surface area contributed by atoms with Gasteiger partial charge in [-0.25, -0.2) is 0 Å². The summed E-state index contributed by atoms with van der Waals surface area (Å²) in [6, 6.07) is 8.28. The molecule has 2 amide bonds. The van der Waals surface area contributed by atoms with E-state index in [-0.39, 0.29) is 23.3 Å². The summed E-state index contributed by atoms with van der Waals surface area (Å²) >= 11 is 0. The van der Waals surface area contributed by atoms with Crippen LogP contribution < -0.4 is 5.32 Å². The van der Waals surface area contributed by atoms with Crippen molar-refractivity contribution in [2.75, 3.05) is 18.4 Å². The first-order valence-electron chi connectivity index (χ1n) is 9.91. The Kier molecular flexibility index (Phi) is 6.19. The van der Waals surface area contributed by atoms with E-state index in [0.29, 0.717) is 25.9 Å². The first-order chi connectivity index (χ1) is 14.1. The smallest absolute Gasteiger partial charge is 0.339 e. The second-order valence-corrected chi connectivity index (χ2v) is 7.90. The summed E-state index contributed by atoms with van der Waals surface area (Å²) < 4.78 is 38.1. The lowest BCUT2D eigenvalue weighted by Gasteiger charge is -2.31. The van der Waals surface area contributed by atoms with Gasteiger partial charge in [-0.2, -0.15) is 13.2 Å². The van der Waals surface area contributed by atoms with Gasteiger partial charge < -0.3 is 10.2 Å². The Hall–Kier alpha value is -2.83. The Morgan fingerprint density at radius 2 is 1.50 bits per heavy atom. The van der Waals surface area contributed by atoms with E-state index in [1.54, 1.807) is 4.90 Å². The molecule has 4 nitrogen and oxygen atoms in total. The maximum absolute atomic E-state index is 12.7. The molecule has 3 rings (SSSR count). The van der Waals surface area contributed by atoms with Crippen molar-refractivity contribution in [2.45, 2.75) is 39.8 Å². The molecule has 0 aromatic heterocycles. The van der Waals surface area contributed by atoms with Crippen molar-refractivity contribution in [2.24, 2.45) is 5.92 Å². The lowest BCUT2D eigenvalue weighted by atomic mass is 9.94. The van der Waals surface area contributed by atoms with E-state index in [9.17, 15) is 22.8 Å². The van der Waals surface area contributed by atoms with Crippen molar-refractivity contribution in [1.29, 1.82) is 0 Å². The molecule has 0 spiro atoms. The van der Waals surface area contributed by atoms with Crippen LogP contribution in [0.1, 0.15) is 45.5 Å². The summed E-state index contributed by atoms with van der Waals surface area (Å²) in [7, 11) is 0. The van der Waals surface area contributed by atoms with Crippen LogP contribution in [0.15, 0.2) is 36.4 Å². The largest absolute Gasteiger partial charge is 0.416 e. The molecule has 0 radical (unpaired) electrons. The van der Waals surface area contributed by atoms with Crippen LogP contribution in [0.5, 0.6) is 0 Å².